The molecule has 0 radical (unpaired) electrons. The van der Waals surface area contributed by atoms with E-state index < -0.39 is 5.97 Å². The Kier molecular flexibility index (Phi) is 13.5. The summed E-state index contributed by atoms with van der Waals surface area (Å²) in [6.07, 6.45) is 23.5. The first-order valence-corrected chi connectivity index (χ1v) is 9.55. The predicted octanol–water partition coefficient (Wildman–Crippen LogP) is 6.28. The van der Waals surface area contributed by atoms with E-state index in [2.05, 4.69) is 75.6 Å². The molecule has 1 N–H and O–H groups in total. The molecule has 2 rings (SSSR count). The van der Waals surface area contributed by atoms with Crippen LogP contribution in [0.2, 0.25) is 0 Å². The molecule has 28 heavy (non-hydrogen) atoms. The lowest BCUT2D eigenvalue weighted by Crippen LogP contribution is -1.96. The average Bonchev–Trinajstić information content (AvgIpc) is 2.97. The lowest BCUT2D eigenvalue weighted by atomic mass is 10.1. The Balaban J connectivity index is 0.000000776. The summed E-state index contributed by atoms with van der Waals surface area (Å²) in [5, 5.41) is 8.99. The fraction of sp³-hybridized carbons (Fsp3) is 0.320. The zero-order valence-corrected chi connectivity index (χ0v) is 17.6. The number of carboxylic acid groups (broad SMARTS) is 1. The number of carboxylic acids is 1. The molecule has 0 amide bonds. The summed E-state index contributed by atoms with van der Waals surface area (Å²) in [5.74, 6) is 2.15. The van der Waals surface area contributed by atoms with Crippen molar-refractivity contribution in [2.24, 2.45) is 5.92 Å². The van der Waals surface area contributed by atoms with Gasteiger partial charge in [-0.1, -0.05) is 70.6 Å². The second-order valence-corrected chi connectivity index (χ2v) is 6.77. The first kappa shape index (κ1) is 25.0. The van der Waals surface area contributed by atoms with Gasteiger partial charge in [0, 0.05) is 18.9 Å². The molecule has 1 aromatic heterocycles. The fourth-order valence-corrected chi connectivity index (χ4v) is 2.09. The molecule has 1 heterocycles. The molecule has 0 unspecified atom stereocenters. The van der Waals surface area contributed by atoms with Crippen LogP contribution in [0, 0.1) is 18.3 Å². The van der Waals surface area contributed by atoms with Crippen molar-refractivity contribution in [2.75, 3.05) is 0 Å². The second-order valence-electron chi connectivity index (χ2n) is 6.77. The summed E-state index contributed by atoms with van der Waals surface area (Å²) in [6, 6.07) is 2.06. The van der Waals surface area contributed by atoms with Crippen LogP contribution in [0.4, 0.5) is 0 Å². The van der Waals surface area contributed by atoms with Crippen molar-refractivity contribution in [1.82, 2.24) is 4.57 Å². The summed E-state index contributed by atoms with van der Waals surface area (Å²) in [5.41, 5.74) is 2.53. The second kappa shape index (κ2) is 15.1. The van der Waals surface area contributed by atoms with Crippen LogP contribution in [0.25, 0.3) is 5.57 Å². The highest BCUT2D eigenvalue weighted by molar-refractivity contribution is 5.91. The van der Waals surface area contributed by atoms with E-state index in [4.69, 9.17) is 5.11 Å². The first-order valence-electron chi connectivity index (χ1n) is 9.55. The van der Waals surface area contributed by atoms with Gasteiger partial charge in [0.2, 0.25) is 0 Å². The maximum Gasteiger partial charge on any atom is 0.335 e. The smallest absolute Gasteiger partial charge is 0.335 e. The van der Waals surface area contributed by atoms with Gasteiger partial charge in [-0.2, -0.15) is 0 Å². The third-order valence-corrected chi connectivity index (χ3v) is 3.29. The highest BCUT2D eigenvalue weighted by Crippen LogP contribution is 2.21. The van der Waals surface area contributed by atoms with E-state index in [0.717, 1.165) is 30.0 Å². The SMILES string of the molecule is C#CC=C.CC(C)C.CC/C=C\Cn1ccc(C2=CCC=C(C(=O)O)C=C2)c1. The number of aromatic nitrogens is 1. The quantitative estimate of drug-likeness (QED) is 0.483. The topological polar surface area (TPSA) is 42.2 Å². The van der Waals surface area contributed by atoms with E-state index in [1.807, 2.05) is 18.3 Å². The van der Waals surface area contributed by atoms with E-state index in [1.165, 1.54) is 6.08 Å². The molecule has 0 saturated carbocycles. The van der Waals surface area contributed by atoms with Gasteiger partial charge in [-0.15, -0.1) is 6.42 Å². The summed E-state index contributed by atoms with van der Waals surface area (Å²) in [4.78, 5) is 10.9. The van der Waals surface area contributed by atoms with Gasteiger partial charge in [-0.25, -0.2) is 4.79 Å². The van der Waals surface area contributed by atoms with Gasteiger partial charge in [0.15, 0.2) is 0 Å². The van der Waals surface area contributed by atoms with E-state index in [1.54, 1.807) is 12.2 Å². The van der Waals surface area contributed by atoms with Gasteiger partial charge >= 0.3 is 5.97 Å². The van der Waals surface area contributed by atoms with Crippen molar-refractivity contribution >= 4 is 11.5 Å². The Bertz CT molecular complexity index is 762. The van der Waals surface area contributed by atoms with Crippen LogP contribution < -0.4 is 0 Å². The third kappa shape index (κ3) is 11.6. The Morgan fingerprint density at radius 2 is 1.96 bits per heavy atom. The van der Waals surface area contributed by atoms with Crippen LogP contribution in [0.3, 0.4) is 0 Å². The maximum absolute atomic E-state index is 10.9. The number of rotatable bonds is 5. The minimum absolute atomic E-state index is 0.349. The minimum Gasteiger partial charge on any atom is -0.478 e. The number of allylic oxidation sites excluding steroid dienone is 7. The van der Waals surface area contributed by atoms with Gasteiger partial charge in [0.25, 0.3) is 0 Å². The number of hydrogen-bond acceptors (Lipinski definition) is 1. The fourth-order valence-electron chi connectivity index (χ4n) is 2.09. The molecule has 0 bridgehead atoms. The van der Waals surface area contributed by atoms with Gasteiger partial charge in [-0.05, 0) is 48.1 Å². The van der Waals surface area contributed by atoms with Crippen molar-refractivity contribution < 1.29 is 9.90 Å². The van der Waals surface area contributed by atoms with Crippen molar-refractivity contribution in [1.29, 1.82) is 0 Å². The Hall–Kier alpha value is -2.99. The van der Waals surface area contributed by atoms with Crippen LogP contribution in [0.15, 0.2) is 73.1 Å². The molecule has 0 atom stereocenters. The molecule has 1 aliphatic rings. The summed E-state index contributed by atoms with van der Waals surface area (Å²) in [6.45, 7) is 12.7. The average molecular weight is 380 g/mol. The number of aliphatic carboxylic acids is 1. The van der Waals surface area contributed by atoms with E-state index in [-0.39, 0.29) is 0 Å². The lowest BCUT2D eigenvalue weighted by molar-refractivity contribution is -0.132. The zero-order chi connectivity index (χ0) is 21.4. The Morgan fingerprint density at radius 3 is 2.50 bits per heavy atom. The van der Waals surface area contributed by atoms with E-state index in [9.17, 15) is 4.79 Å². The van der Waals surface area contributed by atoms with Crippen LogP contribution in [-0.4, -0.2) is 15.6 Å². The van der Waals surface area contributed by atoms with Crippen LogP contribution in [0.1, 0.15) is 46.1 Å². The predicted molar refractivity (Wildman–Crippen MR) is 121 cm³/mol. The van der Waals surface area contributed by atoms with Crippen LogP contribution in [-0.2, 0) is 11.3 Å². The Labute approximate surface area is 170 Å². The molecule has 3 heteroatoms. The van der Waals surface area contributed by atoms with Gasteiger partial charge in [0.1, 0.15) is 0 Å². The van der Waals surface area contributed by atoms with Crippen molar-refractivity contribution in [3.8, 4) is 12.3 Å². The normalized spacial score (nSPS) is 12.6. The van der Waals surface area contributed by atoms with Crippen LogP contribution in [0.5, 0.6) is 0 Å². The summed E-state index contributed by atoms with van der Waals surface area (Å²) in [7, 11) is 0. The molecular formula is C25H33NO2. The molecular weight excluding hydrogens is 346 g/mol. The molecule has 0 spiro atoms. The van der Waals surface area contributed by atoms with Crippen molar-refractivity contribution in [2.45, 2.75) is 47.1 Å². The molecule has 1 aliphatic carbocycles. The molecule has 1 aromatic rings. The summed E-state index contributed by atoms with van der Waals surface area (Å²) < 4.78 is 2.12. The van der Waals surface area contributed by atoms with Crippen molar-refractivity contribution in [3.63, 3.8) is 0 Å². The highest BCUT2D eigenvalue weighted by Gasteiger charge is 2.07. The number of terminal acetylenes is 1. The first-order chi connectivity index (χ1) is 13.3. The van der Waals surface area contributed by atoms with Gasteiger partial charge < -0.3 is 9.67 Å². The minimum atomic E-state index is -0.877. The van der Waals surface area contributed by atoms with Crippen LogP contribution >= 0.6 is 0 Å². The molecule has 150 valence electrons. The molecule has 0 aliphatic heterocycles. The standard InChI is InChI=1S/C17H19NO2.C4H10.C4H4/c1-2-3-4-11-18-12-10-16(13-18)14-6-5-7-15(9-8-14)17(19)20;1-4(2)3;1-3-4-2/h3-4,6-10,12-13H,2,5,11H2,1H3,(H,19,20);4H,1-3H3;1,4H,2H2/b4-3-;;. The zero-order valence-electron chi connectivity index (χ0n) is 17.6. The number of nitrogens with zero attached hydrogens (tertiary/aromatic N) is 1. The third-order valence-electron chi connectivity index (χ3n) is 3.29. The molecule has 0 saturated heterocycles. The van der Waals surface area contributed by atoms with Crippen molar-refractivity contribution in [3.05, 3.63) is 78.7 Å². The molecule has 3 nitrogen and oxygen atoms in total. The van der Waals surface area contributed by atoms with E-state index in [0.29, 0.717) is 12.0 Å². The molecule has 0 aromatic carbocycles. The molecule has 0 fully saturated rings. The number of carbonyl (C=O) groups is 1. The summed E-state index contributed by atoms with van der Waals surface area (Å²) >= 11 is 0. The Morgan fingerprint density at radius 1 is 1.32 bits per heavy atom. The van der Waals surface area contributed by atoms with Gasteiger partial charge in [0.05, 0.1) is 5.57 Å². The lowest BCUT2D eigenvalue weighted by Gasteiger charge is -1.98. The van der Waals surface area contributed by atoms with E-state index >= 15 is 0 Å². The largest absolute Gasteiger partial charge is 0.478 e. The highest BCUT2D eigenvalue weighted by atomic mass is 16.4. The monoisotopic (exact) mass is 379 g/mol. The van der Waals surface area contributed by atoms with Gasteiger partial charge in [-0.3, -0.25) is 0 Å². The number of hydrogen-bond donors (Lipinski definition) is 1. The maximum atomic E-state index is 10.9.